The maximum atomic E-state index is 12.1. The van der Waals surface area contributed by atoms with Crippen molar-refractivity contribution in [2.24, 2.45) is 0 Å². The average molecular weight is 343 g/mol. The van der Waals surface area contributed by atoms with Crippen LogP contribution in [0.3, 0.4) is 0 Å². The number of rotatable bonds is 7. The molecule has 1 rings (SSSR count). The van der Waals surface area contributed by atoms with Crippen LogP contribution in [-0.4, -0.2) is 41.3 Å². The highest BCUT2D eigenvalue weighted by Gasteiger charge is 2.21. The zero-order valence-corrected chi connectivity index (χ0v) is 15.1. The van der Waals surface area contributed by atoms with Gasteiger partial charge in [-0.2, -0.15) is 0 Å². The lowest BCUT2D eigenvalue weighted by atomic mass is 10.2. The molecule has 1 aromatic carbocycles. The Morgan fingerprint density at radius 2 is 2.04 bits per heavy atom. The lowest BCUT2D eigenvalue weighted by Gasteiger charge is -2.27. The highest BCUT2D eigenvalue weighted by molar-refractivity contribution is 6.31. The van der Waals surface area contributed by atoms with Crippen LogP contribution in [-0.2, 0) is 11.3 Å². The lowest BCUT2D eigenvalue weighted by molar-refractivity contribution is 0.0252. The van der Waals surface area contributed by atoms with E-state index in [0.717, 1.165) is 6.42 Å². The summed E-state index contributed by atoms with van der Waals surface area (Å²) in [5.74, 6) is 0.169. The van der Waals surface area contributed by atoms with E-state index < -0.39 is 5.60 Å². The topological polar surface area (TPSA) is 61.8 Å². The second kappa shape index (κ2) is 8.99. The monoisotopic (exact) mass is 342 g/mol. The molecule has 0 saturated carbocycles. The number of carbonyl (C=O) groups excluding carboxylic acids is 1. The van der Waals surface area contributed by atoms with Crippen LogP contribution in [0.1, 0.15) is 39.7 Å². The summed E-state index contributed by atoms with van der Waals surface area (Å²) in [6.07, 6.45) is 0.562. The Hall–Kier alpha value is -1.46. The van der Waals surface area contributed by atoms with Crippen LogP contribution in [0, 0.1) is 0 Å². The third kappa shape index (κ3) is 7.10. The summed E-state index contributed by atoms with van der Waals surface area (Å²) in [4.78, 5) is 13.8. The Morgan fingerprint density at radius 3 is 2.61 bits per heavy atom. The molecular formula is C17H27ClN2O3. The maximum absolute atomic E-state index is 12.1. The molecule has 23 heavy (non-hydrogen) atoms. The van der Waals surface area contributed by atoms with Crippen LogP contribution in [0.4, 0.5) is 4.79 Å². The fourth-order valence-corrected chi connectivity index (χ4v) is 2.28. The van der Waals surface area contributed by atoms with Gasteiger partial charge in [0.15, 0.2) is 0 Å². The molecule has 0 atom stereocenters. The van der Waals surface area contributed by atoms with Gasteiger partial charge >= 0.3 is 6.09 Å². The van der Waals surface area contributed by atoms with Crippen molar-refractivity contribution in [1.29, 1.82) is 0 Å². The zero-order valence-electron chi connectivity index (χ0n) is 14.4. The van der Waals surface area contributed by atoms with Gasteiger partial charge in [0.1, 0.15) is 11.4 Å². The van der Waals surface area contributed by atoms with Gasteiger partial charge in [-0.3, -0.25) is 0 Å². The van der Waals surface area contributed by atoms with Crippen LogP contribution < -0.4 is 5.32 Å². The number of ether oxygens (including phenoxy) is 1. The van der Waals surface area contributed by atoms with Gasteiger partial charge in [0.05, 0.1) is 0 Å². The molecule has 0 heterocycles. The number of nitrogens with one attached hydrogen (secondary N) is 1. The summed E-state index contributed by atoms with van der Waals surface area (Å²) in [5, 5.41) is 13.5. The first-order valence-electron chi connectivity index (χ1n) is 7.89. The van der Waals surface area contributed by atoms with Gasteiger partial charge in [0.2, 0.25) is 0 Å². The van der Waals surface area contributed by atoms with Gasteiger partial charge in [-0.25, -0.2) is 4.79 Å². The van der Waals surface area contributed by atoms with E-state index in [1.165, 1.54) is 0 Å². The van der Waals surface area contributed by atoms with E-state index in [4.69, 9.17) is 16.3 Å². The van der Waals surface area contributed by atoms with E-state index in [-0.39, 0.29) is 11.8 Å². The standard InChI is InChI=1S/C17H27ClN2O3/c1-5-10-20(16(22)23-17(2,3)4)11-9-19-12-13-14(18)7-6-8-15(13)21/h6-8,19,21H,5,9-12H2,1-4H3. The molecule has 5 nitrogen and oxygen atoms in total. The van der Waals surface area contributed by atoms with Crippen molar-refractivity contribution in [3.8, 4) is 5.75 Å². The Bertz CT molecular complexity index is 495. The molecule has 1 amide bonds. The molecule has 0 saturated heterocycles. The van der Waals surface area contributed by atoms with E-state index >= 15 is 0 Å². The number of aromatic hydroxyl groups is 1. The third-order valence-corrected chi connectivity index (χ3v) is 3.45. The molecule has 1 aromatic rings. The summed E-state index contributed by atoms with van der Waals surface area (Å²) < 4.78 is 5.40. The normalized spacial score (nSPS) is 11.3. The third-order valence-electron chi connectivity index (χ3n) is 3.10. The fraction of sp³-hybridized carbons (Fsp3) is 0.588. The summed E-state index contributed by atoms with van der Waals surface area (Å²) in [5.41, 5.74) is 0.160. The van der Waals surface area contributed by atoms with Crippen molar-refractivity contribution in [1.82, 2.24) is 10.2 Å². The van der Waals surface area contributed by atoms with Crippen molar-refractivity contribution in [3.05, 3.63) is 28.8 Å². The Balaban J connectivity index is 2.48. The van der Waals surface area contributed by atoms with E-state index in [1.54, 1.807) is 23.1 Å². The smallest absolute Gasteiger partial charge is 0.410 e. The number of phenolic OH excluding ortho intramolecular Hbond substituents is 1. The minimum atomic E-state index is -0.500. The number of hydrogen-bond donors (Lipinski definition) is 2. The molecule has 0 aliphatic heterocycles. The second-order valence-corrected chi connectivity index (χ2v) is 6.79. The number of carbonyl (C=O) groups is 1. The van der Waals surface area contributed by atoms with Crippen LogP contribution in [0.5, 0.6) is 5.75 Å². The summed E-state index contributed by atoms with van der Waals surface area (Å²) in [6.45, 7) is 9.80. The first kappa shape index (κ1) is 19.6. The van der Waals surface area contributed by atoms with E-state index in [0.29, 0.717) is 36.8 Å². The van der Waals surface area contributed by atoms with Gasteiger partial charge in [0, 0.05) is 36.8 Å². The molecule has 0 aromatic heterocycles. The van der Waals surface area contributed by atoms with Crippen LogP contribution in [0.25, 0.3) is 0 Å². The highest BCUT2D eigenvalue weighted by atomic mass is 35.5. The predicted octanol–water partition coefficient (Wildman–Crippen LogP) is 3.78. The number of amides is 1. The molecular weight excluding hydrogens is 316 g/mol. The zero-order chi connectivity index (χ0) is 17.5. The number of hydrogen-bond acceptors (Lipinski definition) is 4. The maximum Gasteiger partial charge on any atom is 0.410 e. The summed E-state index contributed by atoms with van der Waals surface area (Å²) in [6, 6.07) is 5.04. The minimum Gasteiger partial charge on any atom is -0.508 e. The Morgan fingerprint density at radius 1 is 1.35 bits per heavy atom. The van der Waals surface area contributed by atoms with E-state index in [1.807, 2.05) is 27.7 Å². The van der Waals surface area contributed by atoms with Gasteiger partial charge in [-0.1, -0.05) is 24.6 Å². The molecule has 6 heteroatoms. The molecule has 0 radical (unpaired) electrons. The molecule has 0 aliphatic rings. The first-order chi connectivity index (χ1) is 10.7. The first-order valence-corrected chi connectivity index (χ1v) is 8.27. The number of halogens is 1. The van der Waals surface area contributed by atoms with Crippen molar-refractivity contribution in [3.63, 3.8) is 0 Å². The summed E-state index contributed by atoms with van der Waals surface area (Å²) >= 11 is 6.06. The molecule has 0 fully saturated rings. The number of nitrogens with zero attached hydrogens (tertiary/aromatic N) is 1. The summed E-state index contributed by atoms with van der Waals surface area (Å²) in [7, 11) is 0. The number of benzene rings is 1. The van der Waals surface area contributed by atoms with Crippen LogP contribution in [0.2, 0.25) is 5.02 Å². The predicted molar refractivity (Wildman–Crippen MR) is 92.9 cm³/mol. The Kier molecular flexibility index (Phi) is 7.65. The molecule has 0 aliphatic carbocycles. The van der Waals surface area contributed by atoms with Crippen molar-refractivity contribution >= 4 is 17.7 Å². The SMILES string of the molecule is CCCN(CCNCc1c(O)cccc1Cl)C(=O)OC(C)(C)C. The van der Waals surface area contributed by atoms with E-state index in [2.05, 4.69) is 5.32 Å². The minimum absolute atomic E-state index is 0.169. The van der Waals surface area contributed by atoms with Crippen molar-refractivity contribution in [2.75, 3.05) is 19.6 Å². The van der Waals surface area contributed by atoms with Gasteiger partial charge in [0.25, 0.3) is 0 Å². The van der Waals surface area contributed by atoms with Gasteiger partial charge in [-0.15, -0.1) is 0 Å². The lowest BCUT2D eigenvalue weighted by Crippen LogP contribution is -2.40. The van der Waals surface area contributed by atoms with Crippen molar-refractivity contribution in [2.45, 2.75) is 46.3 Å². The average Bonchev–Trinajstić information content (AvgIpc) is 2.42. The quantitative estimate of drug-likeness (QED) is 0.740. The fourth-order valence-electron chi connectivity index (χ4n) is 2.04. The Labute approximate surface area is 143 Å². The largest absolute Gasteiger partial charge is 0.508 e. The van der Waals surface area contributed by atoms with Crippen LogP contribution >= 0.6 is 11.6 Å². The van der Waals surface area contributed by atoms with E-state index in [9.17, 15) is 9.90 Å². The van der Waals surface area contributed by atoms with Crippen LogP contribution in [0.15, 0.2) is 18.2 Å². The molecule has 130 valence electrons. The number of phenols is 1. The molecule has 2 N–H and O–H groups in total. The van der Waals surface area contributed by atoms with Gasteiger partial charge < -0.3 is 20.1 Å². The highest BCUT2D eigenvalue weighted by Crippen LogP contribution is 2.24. The molecule has 0 unspecified atom stereocenters. The molecule has 0 spiro atoms. The van der Waals surface area contributed by atoms with Crippen molar-refractivity contribution < 1.29 is 14.6 Å². The molecule has 0 bridgehead atoms. The van der Waals surface area contributed by atoms with Gasteiger partial charge in [-0.05, 0) is 39.3 Å². The second-order valence-electron chi connectivity index (χ2n) is 6.38.